The van der Waals surface area contributed by atoms with Gasteiger partial charge >= 0.3 is 0 Å². The van der Waals surface area contributed by atoms with Crippen LogP contribution in [0.15, 0.2) is 18.2 Å². The van der Waals surface area contributed by atoms with Crippen molar-refractivity contribution in [3.63, 3.8) is 0 Å². The number of rotatable bonds is 3. The molecule has 2 rings (SSSR count). The number of hydrogen-bond donors (Lipinski definition) is 2. The molecule has 102 valence electrons. The lowest BCUT2D eigenvalue weighted by Gasteiger charge is -2.35. The lowest BCUT2D eigenvalue weighted by molar-refractivity contribution is -0.119. The normalized spacial score (nSPS) is 19.2. The molecule has 1 aromatic carbocycles. The summed E-state index contributed by atoms with van der Waals surface area (Å²) in [6.45, 7) is 0.802. The molecule has 1 amide bonds. The van der Waals surface area contributed by atoms with E-state index in [1.54, 1.807) is 12.1 Å². The summed E-state index contributed by atoms with van der Waals surface area (Å²) < 4.78 is 0. The number of piperidine rings is 1. The Balaban J connectivity index is 2.32. The second kappa shape index (κ2) is 5.75. The predicted octanol–water partition coefficient (Wildman–Crippen LogP) is 1.82. The average molecular weight is 298 g/mol. The highest BCUT2D eigenvalue weighted by Gasteiger charge is 2.27. The molecule has 0 aromatic heterocycles. The minimum Gasteiger partial charge on any atom is -0.389 e. The van der Waals surface area contributed by atoms with Crippen LogP contribution in [0.4, 0.5) is 5.69 Å². The van der Waals surface area contributed by atoms with Gasteiger partial charge in [-0.2, -0.15) is 0 Å². The fourth-order valence-electron chi connectivity index (χ4n) is 2.42. The van der Waals surface area contributed by atoms with Crippen LogP contribution in [0.1, 0.15) is 24.8 Å². The number of halogens is 1. The van der Waals surface area contributed by atoms with Crippen molar-refractivity contribution >= 4 is 40.4 Å². The highest BCUT2D eigenvalue weighted by Crippen LogP contribution is 2.28. The minimum atomic E-state index is -0.297. The fourth-order valence-corrected chi connectivity index (χ4v) is 2.93. The van der Waals surface area contributed by atoms with Crippen LogP contribution in [0.3, 0.4) is 0 Å². The third-order valence-electron chi connectivity index (χ3n) is 3.38. The highest BCUT2D eigenvalue weighted by molar-refractivity contribution is 7.80. The van der Waals surface area contributed by atoms with Crippen LogP contribution in [0.25, 0.3) is 0 Å². The van der Waals surface area contributed by atoms with Gasteiger partial charge in [0, 0.05) is 17.8 Å². The quantitative estimate of drug-likeness (QED) is 0.835. The van der Waals surface area contributed by atoms with Gasteiger partial charge in [0.25, 0.3) is 0 Å². The van der Waals surface area contributed by atoms with E-state index in [9.17, 15) is 4.79 Å². The molecule has 0 bridgehead atoms. The Kier molecular flexibility index (Phi) is 4.27. The maximum atomic E-state index is 11.5. The SMILES string of the molecule is NC(=O)C1CCCCN1c1ccc(C(N)=S)c(Cl)c1. The first kappa shape index (κ1) is 14.1. The number of primary amides is 1. The molecule has 1 aliphatic heterocycles. The second-order valence-corrected chi connectivity index (χ2v) is 5.48. The van der Waals surface area contributed by atoms with E-state index in [-0.39, 0.29) is 16.9 Å². The Bertz CT molecular complexity index is 521. The van der Waals surface area contributed by atoms with E-state index >= 15 is 0 Å². The third-order valence-corrected chi connectivity index (χ3v) is 3.91. The van der Waals surface area contributed by atoms with Crippen LogP contribution in [-0.2, 0) is 4.79 Å². The second-order valence-electron chi connectivity index (χ2n) is 4.64. The van der Waals surface area contributed by atoms with Crippen molar-refractivity contribution in [3.05, 3.63) is 28.8 Å². The van der Waals surface area contributed by atoms with Gasteiger partial charge in [0.05, 0.1) is 5.02 Å². The van der Waals surface area contributed by atoms with Crippen LogP contribution in [-0.4, -0.2) is 23.5 Å². The molecule has 4 nitrogen and oxygen atoms in total. The average Bonchev–Trinajstić information content (AvgIpc) is 2.38. The van der Waals surface area contributed by atoms with Crippen LogP contribution >= 0.6 is 23.8 Å². The van der Waals surface area contributed by atoms with E-state index in [1.807, 2.05) is 11.0 Å². The maximum absolute atomic E-state index is 11.5. The Hall–Kier alpha value is -1.33. The summed E-state index contributed by atoms with van der Waals surface area (Å²) in [6.07, 6.45) is 2.84. The Labute approximate surface area is 122 Å². The van der Waals surface area contributed by atoms with Crippen molar-refractivity contribution < 1.29 is 4.79 Å². The third kappa shape index (κ3) is 2.98. The predicted molar refractivity (Wildman–Crippen MR) is 81.5 cm³/mol. The van der Waals surface area contributed by atoms with Gasteiger partial charge in [0.15, 0.2) is 0 Å². The van der Waals surface area contributed by atoms with Crippen molar-refractivity contribution in [3.8, 4) is 0 Å². The van der Waals surface area contributed by atoms with Gasteiger partial charge in [-0.05, 0) is 37.5 Å². The van der Waals surface area contributed by atoms with Crippen LogP contribution < -0.4 is 16.4 Å². The number of nitrogens with zero attached hydrogens (tertiary/aromatic N) is 1. The van der Waals surface area contributed by atoms with E-state index in [1.165, 1.54) is 0 Å². The molecule has 1 fully saturated rings. The van der Waals surface area contributed by atoms with Gasteiger partial charge in [-0.15, -0.1) is 0 Å². The number of hydrogen-bond acceptors (Lipinski definition) is 3. The summed E-state index contributed by atoms with van der Waals surface area (Å²) in [7, 11) is 0. The number of benzene rings is 1. The molecule has 1 heterocycles. The molecule has 0 radical (unpaired) electrons. The number of carbonyl (C=O) groups excluding carboxylic acids is 1. The molecule has 1 atom stereocenters. The van der Waals surface area contributed by atoms with Gasteiger partial charge in [-0.25, -0.2) is 0 Å². The zero-order chi connectivity index (χ0) is 14.0. The molecular weight excluding hydrogens is 282 g/mol. The smallest absolute Gasteiger partial charge is 0.240 e. The van der Waals surface area contributed by atoms with Crippen molar-refractivity contribution in [2.24, 2.45) is 11.5 Å². The molecule has 4 N–H and O–H groups in total. The van der Waals surface area contributed by atoms with E-state index in [2.05, 4.69) is 0 Å². The molecule has 0 saturated carbocycles. The van der Waals surface area contributed by atoms with Gasteiger partial charge in [-0.1, -0.05) is 23.8 Å². The van der Waals surface area contributed by atoms with E-state index < -0.39 is 0 Å². The molecule has 1 aromatic rings. The summed E-state index contributed by atoms with van der Waals surface area (Å²) >= 11 is 11.1. The Morgan fingerprint density at radius 3 is 2.68 bits per heavy atom. The van der Waals surface area contributed by atoms with Gasteiger partial charge in [-0.3, -0.25) is 4.79 Å². The topological polar surface area (TPSA) is 72.4 Å². The van der Waals surface area contributed by atoms with Crippen LogP contribution in [0.2, 0.25) is 5.02 Å². The van der Waals surface area contributed by atoms with Gasteiger partial charge in [0.2, 0.25) is 5.91 Å². The number of carbonyl (C=O) groups is 1. The van der Waals surface area contributed by atoms with Crippen molar-refractivity contribution in [1.29, 1.82) is 0 Å². The molecule has 6 heteroatoms. The summed E-state index contributed by atoms with van der Waals surface area (Å²) in [5.74, 6) is -0.297. The zero-order valence-corrected chi connectivity index (χ0v) is 12.0. The summed E-state index contributed by atoms with van der Waals surface area (Å²) in [5, 5.41) is 0.499. The monoisotopic (exact) mass is 297 g/mol. The number of amides is 1. The fraction of sp³-hybridized carbons (Fsp3) is 0.385. The first-order valence-corrected chi connectivity index (χ1v) is 6.94. The highest BCUT2D eigenvalue weighted by atomic mass is 35.5. The Morgan fingerprint density at radius 2 is 2.11 bits per heavy atom. The van der Waals surface area contributed by atoms with Crippen LogP contribution in [0, 0.1) is 0 Å². The van der Waals surface area contributed by atoms with Crippen LogP contribution in [0.5, 0.6) is 0 Å². The lowest BCUT2D eigenvalue weighted by Crippen LogP contribution is -2.47. The molecule has 0 spiro atoms. The van der Waals surface area contributed by atoms with E-state index in [0.717, 1.165) is 31.5 Å². The standard InChI is InChI=1S/C13H16ClN3OS/c14-10-7-8(4-5-9(10)13(16)19)17-6-2-1-3-11(17)12(15)18/h4-5,7,11H,1-3,6H2,(H2,15,18)(H2,16,19). The molecule has 1 aliphatic rings. The minimum absolute atomic E-state index is 0.263. The van der Waals surface area contributed by atoms with Gasteiger partial charge in [0.1, 0.15) is 11.0 Å². The summed E-state index contributed by atoms with van der Waals surface area (Å²) in [5.41, 5.74) is 12.6. The lowest BCUT2D eigenvalue weighted by atomic mass is 10.0. The molecule has 1 saturated heterocycles. The zero-order valence-electron chi connectivity index (χ0n) is 10.4. The number of nitrogens with two attached hydrogens (primary N) is 2. The Morgan fingerprint density at radius 1 is 1.37 bits per heavy atom. The maximum Gasteiger partial charge on any atom is 0.240 e. The molecule has 0 aliphatic carbocycles. The largest absolute Gasteiger partial charge is 0.389 e. The molecule has 19 heavy (non-hydrogen) atoms. The first-order chi connectivity index (χ1) is 9.00. The van der Waals surface area contributed by atoms with Gasteiger partial charge < -0.3 is 16.4 Å². The summed E-state index contributed by atoms with van der Waals surface area (Å²) in [4.78, 5) is 13.8. The van der Waals surface area contributed by atoms with Crippen molar-refractivity contribution in [1.82, 2.24) is 0 Å². The molecule has 1 unspecified atom stereocenters. The van der Waals surface area contributed by atoms with Crippen molar-refractivity contribution in [2.75, 3.05) is 11.4 Å². The molecular formula is C13H16ClN3OS. The van der Waals surface area contributed by atoms with E-state index in [0.29, 0.717) is 10.6 Å². The summed E-state index contributed by atoms with van der Waals surface area (Å²) in [6, 6.07) is 5.19. The first-order valence-electron chi connectivity index (χ1n) is 6.16. The van der Waals surface area contributed by atoms with E-state index in [4.69, 9.17) is 35.3 Å². The number of anilines is 1. The van der Waals surface area contributed by atoms with Crippen molar-refractivity contribution in [2.45, 2.75) is 25.3 Å². The number of thiocarbonyl (C=S) groups is 1.